The van der Waals surface area contributed by atoms with Crippen molar-refractivity contribution in [2.45, 2.75) is 12.1 Å². The Balaban J connectivity index is 1.91. The number of rotatable bonds is 2. The van der Waals surface area contributed by atoms with Gasteiger partial charge in [-0.25, -0.2) is 8.42 Å². The van der Waals surface area contributed by atoms with Gasteiger partial charge in [0.1, 0.15) is 6.04 Å². The summed E-state index contributed by atoms with van der Waals surface area (Å²) in [6.07, 6.45) is 0. The van der Waals surface area contributed by atoms with Crippen LogP contribution in [0.2, 0.25) is 0 Å². The number of hydrogen-bond donors (Lipinski definition) is 2. The molecule has 1 aromatic rings. The SMILES string of the molecule is O=C(O)C1CS(=O)(=O)CC(c2ccc3c(c2)OCO3)N1. The molecule has 0 saturated carbocycles. The van der Waals surface area contributed by atoms with Crippen molar-refractivity contribution in [1.82, 2.24) is 5.32 Å². The van der Waals surface area contributed by atoms with Gasteiger partial charge in [0.25, 0.3) is 0 Å². The number of nitrogens with one attached hydrogen (secondary N) is 1. The van der Waals surface area contributed by atoms with Gasteiger partial charge in [0.2, 0.25) is 6.79 Å². The number of aliphatic carboxylic acids is 1. The monoisotopic (exact) mass is 299 g/mol. The molecule has 8 heteroatoms. The summed E-state index contributed by atoms with van der Waals surface area (Å²) in [6.45, 7) is 0.132. The van der Waals surface area contributed by atoms with Crippen molar-refractivity contribution in [1.29, 1.82) is 0 Å². The Morgan fingerprint density at radius 1 is 1.25 bits per heavy atom. The second kappa shape index (κ2) is 4.64. The van der Waals surface area contributed by atoms with Gasteiger partial charge in [-0.15, -0.1) is 0 Å². The second-order valence-electron chi connectivity index (χ2n) is 4.80. The van der Waals surface area contributed by atoms with Crippen LogP contribution >= 0.6 is 0 Å². The van der Waals surface area contributed by atoms with Gasteiger partial charge >= 0.3 is 5.97 Å². The molecule has 0 bridgehead atoms. The van der Waals surface area contributed by atoms with E-state index in [-0.39, 0.29) is 18.3 Å². The molecule has 0 aromatic heterocycles. The van der Waals surface area contributed by atoms with Crippen molar-refractivity contribution in [2.75, 3.05) is 18.3 Å². The molecular formula is C12H13NO6S. The molecule has 1 fully saturated rings. The largest absolute Gasteiger partial charge is 0.480 e. The van der Waals surface area contributed by atoms with E-state index in [2.05, 4.69) is 5.32 Å². The smallest absolute Gasteiger partial charge is 0.321 e. The molecule has 2 N–H and O–H groups in total. The highest BCUT2D eigenvalue weighted by atomic mass is 32.2. The predicted molar refractivity (Wildman–Crippen MR) is 68.5 cm³/mol. The molecule has 2 aliphatic heterocycles. The number of carbonyl (C=O) groups is 1. The average molecular weight is 299 g/mol. The van der Waals surface area contributed by atoms with Gasteiger partial charge in [-0.3, -0.25) is 10.1 Å². The number of ether oxygens (including phenoxy) is 2. The van der Waals surface area contributed by atoms with Crippen LogP contribution in [0.1, 0.15) is 11.6 Å². The summed E-state index contributed by atoms with van der Waals surface area (Å²) in [7, 11) is -3.40. The van der Waals surface area contributed by atoms with Crippen LogP contribution in [0, 0.1) is 0 Å². The highest BCUT2D eigenvalue weighted by Gasteiger charge is 2.36. The maximum Gasteiger partial charge on any atom is 0.321 e. The summed E-state index contributed by atoms with van der Waals surface area (Å²) < 4.78 is 34.1. The molecule has 2 heterocycles. The second-order valence-corrected chi connectivity index (χ2v) is 6.95. The number of carboxylic acids is 1. The molecule has 20 heavy (non-hydrogen) atoms. The zero-order valence-electron chi connectivity index (χ0n) is 10.4. The molecule has 7 nitrogen and oxygen atoms in total. The zero-order chi connectivity index (χ0) is 14.3. The van der Waals surface area contributed by atoms with E-state index in [1.54, 1.807) is 18.2 Å². The molecular weight excluding hydrogens is 286 g/mol. The Bertz CT molecular complexity index is 656. The summed E-state index contributed by atoms with van der Waals surface area (Å²) in [6, 6.07) is 3.43. The highest BCUT2D eigenvalue weighted by Crippen LogP contribution is 2.35. The van der Waals surface area contributed by atoms with E-state index in [0.29, 0.717) is 17.1 Å². The Kier molecular flexibility index (Phi) is 3.06. The molecule has 2 aliphatic rings. The van der Waals surface area contributed by atoms with Gasteiger partial charge < -0.3 is 14.6 Å². The minimum absolute atomic E-state index is 0.129. The van der Waals surface area contributed by atoms with E-state index in [1.165, 1.54) is 0 Å². The zero-order valence-corrected chi connectivity index (χ0v) is 11.2. The average Bonchev–Trinajstić information content (AvgIpc) is 2.83. The summed E-state index contributed by atoms with van der Waals surface area (Å²) >= 11 is 0. The van der Waals surface area contributed by atoms with Crippen molar-refractivity contribution < 1.29 is 27.8 Å². The first-order chi connectivity index (χ1) is 9.44. The van der Waals surface area contributed by atoms with Crippen molar-refractivity contribution in [2.24, 2.45) is 0 Å². The van der Waals surface area contributed by atoms with E-state index < -0.39 is 27.9 Å². The lowest BCUT2D eigenvalue weighted by molar-refractivity contribution is -0.139. The van der Waals surface area contributed by atoms with Gasteiger partial charge in [0.15, 0.2) is 21.3 Å². The molecule has 0 spiro atoms. The lowest BCUT2D eigenvalue weighted by Crippen LogP contribution is -2.51. The number of carboxylic acid groups (broad SMARTS) is 1. The third-order valence-corrected chi connectivity index (χ3v) is 5.02. The Morgan fingerprint density at radius 2 is 2.00 bits per heavy atom. The predicted octanol–water partition coefficient (Wildman–Crippen LogP) is -0.0724. The van der Waals surface area contributed by atoms with Gasteiger partial charge in [-0.2, -0.15) is 0 Å². The minimum atomic E-state index is -3.40. The van der Waals surface area contributed by atoms with Crippen molar-refractivity contribution in [3.8, 4) is 11.5 Å². The quantitative estimate of drug-likeness (QED) is 0.788. The first-order valence-corrected chi connectivity index (χ1v) is 7.85. The van der Waals surface area contributed by atoms with Crippen LogP contribution in [0.5, 0.6) is 11.5 Å². The summed E-state index contributed by atoms with van der Waals surface area (Å²) in [5, 5.41) is 11.9. The van der Waals surface area contributed by atoms with Crippen LogP contribution in [0.15, 0.2) is 18.2 Å². The third-order valence-electron chi connectivity index (χ3n) is 3.34. The van der Waals surface area contributed by atoms with Crippen LogP contribution < -0.4 is 14.8 Å². The minimum Gasteiger partial charge on any atom is -0.480 e. The first kappa shape index (κ1) is 13.2. The molecule has 0 aliphatic carbocycles. The highest BCUT2D eigenvalue weighted by molar-refractivity contribution is 7.91. The maximum atomic E-state index is 11.8. The molecule has 0 amide bonds. The third kappa shape index (κ3) is 2.44. The fraction of sp³-hybridized carbons (Fsp3) is 0.417. The number of fused-ring (bicyclic) bond motifs is 1. The van der Waals surface area contributed by atoms with Gasteiger partial charge in [-0.05, 0) is 17.7 Å². The molecule has 0 radical (unpaired) electrons. The summed E-state index contributed by atoms with van der Waals surface area (Å²) in [4.78, 5) is 11.0. The van der Waals surface area contributed by atoms with E-state index in [1.807, 2.05) is 0 Å². The molecule has 1 saturated heterocycles. The van der Waals surface area contributed by atoms with Gasteiger partial charge in [0, 0.05) is 6.04 Å². The van der Waals surface area contributed by atoms with Gasteiger partial charge in [0.05, 0.1) is 11.5 Å². The molecule has 1 aromatic carbocycles. The van der Waals surface area contributed by atoms with Crippen LogP contribution in [0.3, 0.4) is 0 Å². The fourth-order valence-electron chi connectivity index (χ4n) is 2.38. The summed E-state index contributed by atoms with van der Waals surface area (Å²) in [5.41, 5.74) is 0.670. The number of hydrogen-bond acceptors (Lipinski definition) is 6. The number of benzene rings is 1. The van der Waals surface area contributed by atoms with E-state index in [4.69, 9.17) is 14.6 Å². The van der Waals surface area contributed by atoms with Crippen LogP contribution in [-0.2, 0) is 14.6 Å². The van der Waals surface area contributed by atoms with E-state index >= 15 is 0 Å². The topological polar surface area (TPSA) is 102 Å². The van der Waals surface area contributed by atoms with Gasteiger partial charge in [-0.1, -0.05) is 6.07 Å². The van der Waals surface area contributed by atoms with Crippen LogP contribution in [0.4, 0.5) is 0 Å². The van der Waals surface area contributed by atoms with E-state index in [9.17, 15) is 13.2 Å². The fourth-order valence-corrected chi connectivity index (χ4v) is 4.06. The molecule has 3 rings (SSSR count). The van der Waals surface area contributed by atoms with Crippen LogP contribution in [0.25, 0.3) is 0 Å². The van der Waals surface area contributed by atoms with Crippen molar-refractivity contribution >= 4 is 15.8 Å². The van der Waals surface area contributed by atoms with E-state index in [0.717, 1.165) is 0 Å². The Morgan fingerprint density at radius 3 is 2.75 bits per heavy atom. The molecule has 2 atom stereocenters. The normalized spacial score (nSPS) is 27.2. The number of sulfone groups is 1. The maximum absolute atomic E-state index is 11.8. The Hall–Kier alpha value is -1.80. The summed E-state index contributed by atoms with van der Waals surface area (Å²) in [5.74, 6) is -0.542. The lowest BCUT2D eigenvalue weighted by atomic mass is 10.1. The first-order valence-electron chi connectivity index (χ1n) is 6.03. The van der Waals surface area contributed by atoms with Crippen molar-refractivity contribution in [3.05, 3.63) is 23.8 Å². The molecule has 2 unspecified atom stereocenters. The molecule has 108 valence electrons. The standard InChI is InChI=1S/C12H13NO6S/c14-12(15)9-5-20(16,17)4-8(13-9)7-1-2-10-11(3-7)19-6-18-10/h1-3,8-9,13H,4-6H2,(H,14,15). The lowest BCUT2D eigenvalue weighted by Gasteiger charge is -2.28. The van der Waals surface area contributed by atoms with Crippen LogP contribution in [-0.4, -0.2) is 43.8 Å². The Labute approximate surface area is 115 Å². The van der Waals surface area contributed by atoms with Crippen molar-refractivity contribution in [3.63, 3.8) is 0 Å².